The molecule has 0 spiro atoms. The minimum atomic E-state index is -0.231. The summed E-state index contributed by atoms with van der Waals surface area (Å²) in [5.41, 5.74) is 1.82. The van der Waals surface area contributed by atoms with Gasteiger partial charge in [0, 0.05) is 36.0 Å². The van der Waals surface area contributed by atoms with Crippen molar-refractivity contribution in [1.82, 2.24) is 10.3 Å². The fourth-order valence-corrected chi connectivity index (χ4v) is 2.84. The number of carbonyl (C=O) groups is 1. The Labute approximate surface area is 144 Å². The minimum Gasteiger partial charge on any atom is -0.497 e. The molecule has 23 heavy (non-hydrogen) atoms. The number of anilines is 1. The molecule has 0 radical (unpaired) electrons. The van der Waals surface area contributed by atoms with Crippen molar-refractivity contribution in [2.45, 2.75) is 5.75 Å². The quantitative estimate of drug-likeness (QED) is 0.588. The topological polar surface area (TPSA) is 63.2 Å². The van der Waals surface area contributed by atoms with Gasteiger partial charge in [-0.25, -0.2) is 9.78 Å². The van der Waals surface area contributed by atoms with Gasteiger partial charge in [0.1, 0.15) is 10.9 Å². The van der Waals surface area contributed by atoms with E-state index in [-0.39, 0.29) is 6.03 Å². The van der Waals surface area contributed by atoms with Crippen LogP contribution in [0.25, 0.3) is 0 Å². The van der Waals surface area contributed by atoms with Gasteiger partial charge in [0.2, 0.25) is 0 Å². The lowest BCUT2D eigenvalue weighted by Crippen LogP contribution is -2.30. The highest BCUT2D eigenvalue weighted by Crippen LogP contribution is 2.16. The van der Waals surface area contributed by atoms with Crippen LogP contribution in [0.4, 0.5) is 10.5 Å². The average Bonchev–Trinajstić information content (AvgIpc) is 2.55. The zero-order chi connectivity index (χ0) is 16.5. The molecular formula is C16H18ClN3O2S. The molecule has 7 heteroatoms. The summed E-state index contributed by atoms with van der Waals surface area (Å²) in [6, 6.07) is 10.8. The fraction of sp³-hybridized carbons (Fsp3) is 0.250. The molecule has 0 unspecified atom stereocenters. The van der Waals surface area contributed by atoms with Crippen LogP contribution in [0, 0.1) is 0 Å². The highest BCUT2D eigenvalue weighted by Gasteiger charge is 2.02. The van der Waals surface area contributed by atoms with E-state index in [0.29, 0.717) is 23.1 Å². The van der Waals surface area contributed by atoms with E-state index in [1.807, 2.05) is 30.3 Å². The van der Waals surface area contributed by atoms with Gasteiger partial charge in [-0.15, -0.1) is 0 Å². The van der Waals surface area contributed by atoms with Crippen molar-refractivity contribution < 1.29 is 9.53 Å². The van der Waals surface area contributed by atoms with Crippen LogP contribution in [0.3, 0.4) is 0 Å². The third-order valence-corrected chi connectivity index (χ3v) is 4.16. The molecule has 0 aliphatic heterocycles. The number of rotatable bonds is 7. The summed E-state index contributed by atoms with van der Waals surface area (Å²) in [4.78, 5) is 15.7. The molecule has 0 bridgehead atoms. The molecule has 2 amide bonds. The summed E-state index contributed by atoms with van der Waals surface area (Å²) in [6.07, 6.45) is 1.69. The van der Waals surface area contributed by atoms with E-state index in [0.717, 1.165) is 17.1 Å². The second kappa shape index (κ2) is 9.27. The number of urea groups is 1. The van der Waals surface area contributed by atoms with Gasteiger partial charge in [-0.3, -0.25) is 0 Å². The van der Waals surface area contributed by atoms with Gasteiger partial charge in [-0.2, -0.15) is 11.8 Å². The maximum Gasteiger partial charge on any atom is 0.319 e. The van der Waals surface area contributed by atoms with Crippen molar-refractivity contribution in [2.75, 3.05) is 24.7 Å². The molecule has 1 aromatic heterocycles. The molecule has 0 saturated heterocycles. The molecule has 0 atom stereocenters. The average molecular weight is 352 g/mol. The molecule has 2 aromatic rings. The van der Waals surface area contributed by atoms with E-state index in [4.69, 9.17) is 16.3 Å². The van der Waals surface area contributed by atoms with Crippen molar-refractivity contribution in [3.05, 3.63) is 53.3 Å². The third-order valence-electron chi connectivity index (χ3n) is 2.92. The summed E-state index contributed by atoms with van der Waals surface area (Å²) in [5.74, 6) is 2.35. The molecule has 5 nitrogen and oxygen atoms in total. The highest BCUT2D eigenvalue weighted by atomic mass is 35.5. The number of nitrogens with one attached hydrogen (secondary N) is 2. The van der Waals surface area contributed by atoms with Crippen LogP contribution in [0.15, 0.2) is 42.6 Å². The van der Waals surface area contributed by atoms with Crippen LogP contribution in [0.2, 0.25) is 5.15 Å². The number of nitrogens with zero attached hydrogens (tertiary/aromatic N) is 1. The van der Waals surface area contributed by atoms with Gasteiger partial charge in [0.15, 0.2) is 0 Å². The number of aromatic nitrogens is 1. The van der Waals surface area contributed by atoms with Crippen molar-refractivity contribution in [2.24, 2.45) is 0 Å². The second-order valence-electron chi connectivity index (χ2n) is 4.65. The standard InChI is InChI=1S/C16H18ClN3O2S/c1-22-14-4-2-3-13(10-14)20-16(21)19-7-8-23-11-12-5-6-18-15(17)9-12/h2-6,9-10H,7-8,11H2,1H3,(H2,19,20,21). The number of thioether (sulfide) groups is 1. The van der Waals surface area contributed by atoms with E-state index in [2.05, 4.69) is 15.6 Å². The number of hydrogen-bond acceptors (Lipinski definition) is 4. The van der Waals surface area contributed by atoms with E-state index in [1.54, 1.807) is 31.1 Å². The van der Waals surface area contributed by atoms with Gasteiger partial charge in [-0.1, -0.05) is 17.7 Å². The summed E-state index contributed by atoms with van der Waals surface area (Å²) in [6.45, 7) is 0.583. The molecule has 1 heterocycles. The van der Waals surface area contributed by atoms with Crippen LogP contribution in [0.1, 0.15) is 5.56 Å². The maximum absolute atomic E-state index is 11.8. The Morgan fingerprint density at radius 3 is 3.00 bits per heavy atom. The van der Waals surface area contributed by atoms with Crippen LogP contribution >= 0.6 is 23.4 Å². The zero-order valence-corrected chi connectivity index (χ0v) is 14.3. The van der Waals surface area contributed by atoms with Gasteiger partial charge in [-0.05, 0) is 29.8 Å². The Balaban J connectivity index is 1.64. The summed E-state index contributed by atoms with van der Waals surface area (Å²) < 4.78 is 5.11. The number of benzene rings is 1. The lowest BCUT2D eigenvalue weighted by atomic mass is 10.3. The first-order valence-electron chi connectivity index (χ1n) is 7.04. The first-order valence-corrected chi connectivity index (χ1v) is 8.58. The molecule has 0 saturated carbocycles. The Kier molecular flexibility index (Phi) is 7.03. The number of halogens is 1. The van der Waals surface area contributed by atoms with Crippen LogP contribution < -0.4 is 15.4 Å². The van der Waals surface area contributed by atoms with E-state index in [9.17, 15) is 4.79 Å². The number of amides is 2. The largest absolute Gasteiger partial charge is 0.497 e. The number of carbonyl (C=O) groups excluding carboxylic acids is 1. The lowest BCUT2D eigenvalue weighted by Gasteiger charge is -2.08. The second-order valence-corrected chi connectivity index (χ2v) is 6.14. The number of ether oxygens (including phenoxy) is 1. The van der Waals surface area contributed by atoms with Gasteiger partial charge >= 0.3 is 6.03 Å². The smallest absolute Gasteiger partial charge is 0.319 e. The van der Waals surface area contributed by atoms with Gasteiger partial charge in [0.05, 0.1) is 7.11 Å². The molecule has 2 N–H and O–H groups in total. The number of hydrogen-bond donors (Lipinski definition) is 2. The van der Waals surface area contributed by atoms with Crippen LogP contribution in [-0.2, 0) is 5.75 Å². The Bertz CT molecular complexity index is 655. The molecule has 2 rings (SSSR count). The lowest BCUT2D eigenvalue weighted by molar-refractivity contribution is 0.252. The SMILES string of the molecule is COc1cccc(NC(=O)NCCSCc2ccnc(Cl)c2)c1. The fourth-order valence-electron chi connectivity index (χ4n) is 1.84. The monoisotopic (exact) mass is 351 g/mol. The van der Waals surface area contributed by atoms with Crippen molar-refractivity contribution in [3.63, 3.8) is 0 Å². The van der Waals surface area contributed by atoms with E-state index >= 15 is 0 Å². The van der Waals surface area contributed by atoms with E-state index < -0.39 is 0 Å². The predicted molar refractivity (Wildman–Crippen MR) is 95.4 cm³/mol. The molecular weight excluding hydrogens is 334 g/mol. The summed E-state index contributed by atoms with van der Waals surface area (Å²) >= 11 is 7.55. The molecule has 1 aromatic carbocycles. The van der Waals surface area contributed by atoms with E-state index in [1.165, 1.54) is 0 Å². The van der Waals surface area contributed by atoms with Gasteiger partial charge in [0.25, 0.3) is 0 Å². The molecule has 122 valence electrons. The number of pyridine rings is 1. The van der Waals surface area contributed by atoms with Crippen molar-refractivity contribution in [3.8, 4) is 5.75 Å². The normalized spacial score (nSPS) is 10.2. The molecule has 0 aliphatic rings. The Morgan fingerprint density at radius 2 is 2.22 bits per heavy atom. The van der Waals surface area contributed by atoms with Crippen molar-refractivity contribution in [1.29, 1.82) is 0 Å². The van der Waals surface area contributed by atoms with Crippen LogP contribution in [-0.4, -0.2) is 30.4 Å². The van der Waals surface area contributed by atoms with Crippen molar-refractivity contribution >= 4 is 35.1 Å². The Hall–Kier alpha value is -1.92. The maximum atomic E-state index is 11.8. The number of methoxy groups -OCH3 is 1. The highest BCUT2D eigenvalue weighted by molar-refractivity contribution is 7.98. The third kappa shape index (κ3) is 6.38. The predicted octanol–water partition coefficient (Wildman–Crippen LogP) is 3.80. The zero-order valence-electron chi connectivity index (χ0n) is 12.7. The van der Waals surface area contributed by atoms with Gasteiger partial charge < -0.3 is 15.4 Å². The molecule has 0 fully saturated rings. The van der Waals surface area contributed by atoms with Crippen LogP contribution in [0.5, 0.6) is 5.75 Å². The summed E-state index contributed by atoms with van der Waals surface area (Å²) in [5, 5.41) is 6.08. The first kappa shape index (κ1) is 17.4. The Morgan fingerprint density at radius 1 is 1.35 bits per heavy atom. The summed E-state index contributed by atoms with van der Waals surface area (Å²) in [7, 11) is 1.59. The minimum absolute atomic E-state index is 0.231. The first-order chi connectivity index (χ1) is 11.2. The molecule has 0 aliphatic carbocycles.